The molecule has 1 rings (SSSR count). The maximum absolute atomic E-state index is 10.9. The van der Waals surface area contributed by atoms with E-state index < -0.39 is 0 Å². The molecular weight excluding hydrogens is 192 g/mol. The summed E-state index contributed by atoms with van der Waals surface area (Å²) in [5.74, 6) is 1.27. The third kappa shape index (κ3) is 4.47. The highest BCUT2D eigenvalue weighted by Crippen LogP contribution is 2.19. The van der Waals surface area contributed by atoms with Crippen molar-refractivity contribution in [2.75, 3.05) is 0 Å². The van der Waals surface area contributed by atoms with E-state index in [9.17, 15) is 4.79 Å². The van der Waals surface area contributed by atoms with Gasteiger partial charge in [-0.1, -0.05) is 37.3 Å². The molecule has 0 unspecified atom stereocenters. The minimum Gasteiger partial charge on any atom is -0.300 e. The number of ketones is 1. The molecule has 2 heteroatoms. The Hall–Kier alpha value is -0.760. The molecule has 14 heavy (non-hydrogen) atoms. The van der Waals surface area contributed by atoms with Crippen LogP contribution in [0.5, 0.6) is 0 Å². The van der Waals surface area contributed by atoms with Gasteiger partial charge in [-0.3, -0.25) is 4.79 Å². The number of thioether (sulfide) groups is 1. The first-order valence-electron chi connectivity index (χ1n) is 4.83. The van der Waals surface area contributed by atoms with E-state index in [0.29, 0.717) is 11.7 Å². The van der Waals surface area contributed by atoms with E-state index in [2.05, 4.69) is 19.1 Å². The van der Waals surface area contributed by atoms with Crippen molar-refractivity contribution < 1.29 is 4.79 Å². The normalized spacial score (nSPS) is 12.4. The summed E-state index contributed by atoms with van der Waals surface area (Å²) in [7, 11) is 0. The molecule has 0 aromatic heterocycles. The zero-order chi connectivity index (χ0) is 10.4. The first-order chi connectivity index (χ1) is 6.68. The van der Waals surface area contributed by atoms with Crippen LogP contribution < -0.4 is 0 Å². The zero-order valence-corrected chi connectivity index (χ0v) is 9.51. The molecule has 1 atom stereocenters. The Bertz CT molecular complexity index is 282. The van der Waals surface area contributed by atoms with Crippen LogP contribution in [0.4, 0.5) is 0 Å². The maximum atomic E-state index is 10.9. The lowest BCUT2D eigenvalue weighted by Gasteiger charge is -2.08. The Morgan fingerprint density at radius 1 is 1.36 bits per heavy atom. The van der Waals surface area contributed by atoms with Crippen LogP contribution in [0.25, 0.3) is 0 Å². The van der Waals surface area contributed by atoms with Gasteiger partial charge >= 0.3 is 0 Å². The van der Waals surface area contributed by atoms with Crippen molar-refractivity contribution >= 4 is 17.5 Å². The van der Waals surface area contributed by atoms with Gasteiger partial charge in [0.2, 0.25) is 0 Å². The molecule has 1 nitrogen and oxygen atoms in total. The molecular formula is C12H16OS. The third-order valence-corrected chi connectivity index (χ3v) is 3.19. The minimum absolute atomic E-state index is 0.276. The average molecular weight is 208 g/mol. The van der Waals surface area contributed by atoms with Gasteiger partial charge in [0.1, 0.15) is 5.78 Å². The topological polar surface area (TPSA) is 17.1 Å². The highest BCUT2D eigenvalue weighted by atomic mass is 32.2. The second kappa shape index (κ2) is 5.86. The molecule has 0 aliphatic carbocycles. The van der Waals surface area contributed by atoms with Gasteiger partial charge < -0.3 is 0 Å². The van der Waals surface area contributed by atoms with Crippen molar-refractivity contribution in [3.05, 3.63) is 35.9 Å². The fraction of sp³-hybridized carbons (Fsp3) is 0.417. The number of carbonyl (C=O) groups excluding carboxylic acids is 1. The molecule has 1 aromatic carbocycles. The molecule has 0 heterocycles. The standard InChI is InChI=1S/C12H16OS/c1-10(13)8-11(2)14-9-12-6-4-3-5-7-12/h3-7,11H,8-9H2,1-2H3/t11-/m0/s1. The monoisotopic (exact) mass is 208 g/mol. The SMILES string of the molecule is CC(=O)C[C@H](C)SCc1ccccc1. The fourth-order valence-electron chi connectivity index (χ4n) is 1.28. The molecule has 0 fully saturated rings. The number of carbonyl (C=O) groups is 1. The molecule has 0 aliphatic rings. The molecule has 1 aromatic rings. The van der Waals surface area contributed by atoms with Gasteiger partial charge in [0, 0.05) is 17.4 Å². The largest absolute Gasteiger partial charge is 0.300 e. The van der Waals surface area contributed by atoms with Gasteiger partial charge in [0.15, 0.2) is 0 Å². The highest BCUT2D eigenvalue weighted by molar-refractivity contribution is 7.99. The lowest BCUT2D eigenvalue weighted by Crippen LogP contribution is -2.03. The highest BCUT2D eigenvalue weighted by Gasteiger charge is 2.05. The predicted molar refractivity (Wildman–Crippen MR) is 62.5 cm³/mol. The quantitative estimate of drug-likeness (QED) is 0.738. The number of hydrogen-bond donors (Lipinski definition) is 0. The summed E-state index contributed by atoms with van der Waals surface area (Å²) in [5, 5.41) is 0.424. The number of Topliss-reactive ketones (excluding diaryl/α,β-unsaturated/α-hetero) is 1. The summed E-state index contributed by atoms with van der Waals surface area (Å²) in [4.78, 5) is 10.9. The van der Waals surface area contributed by atoms with Crippen molar-refractivity contribution in [3.63, 3.8) is 0 Å². The van der Waals surface area contributed by atoms with Crippen molar-refractivity contribution in [2.45, 2.75) is 31.3 Å². The molecule has 0 radical (unpaired) electrons. The third-order valence-electron chi connectivity index (χ3n) is 1.95. The predicted octanol–water partition coefficient (Wildman–Crippen LogP) is 3.29. The minimum atomic E-state index is 0.276. The van der Waals surface area contributed by atoms with Crippen molar-refractivity contribution in [1.82, 2.24) is 0 Å². The van der Waals surface area contributed by atoms with E-state index in [1.807, 2.05) is 30.0 Å². The Labute approximate surface area is 89.9 Å². The Morgan fingerprint density at radius 2 is 2.00 bits per heavy atom. The maximum Gasteiger partial charge on any atom is 0.130 e. The van der Waals surface area contributed by atoms with Gasteiger partial charge in [-0.25, -0.2) is 0 Å². The number of rotatable bonds is 5. The van der Waals surface area contributed by atoms with Crippen LogP contribution >= 0.6 is 11.8 Å². The second-order valence-electron chi connectivity index (χ2n) is 3.51. The van der Waals surface area contributed by atoms with E-state index in [1.165, 1.54) is 5.56 Å². The van der Waals surface area contributed by atoms with Gasteiger partial charge in [0.05, 0.1) is 0 Å². The smallest absolute Gasteiger partial charge is 0.130 e. The van der Waals surface area contributed by atoms with E-state index in [1.54, 1.807) is 6.92 Å². The average Bonchev–Trinajstić information content (AvgIpc) is 2.15. The van der Waals surface area contributed by atoms with Crippen LogP contribution in [0.15, 0.2) is 30.3 Å². The number of hydrogen-bond acceptors (Lipinski definition) is 2. The van der Waals surface area contributed by atoms with Crippen molar-refractivity contribution in [3.8, 4) is 0 Å². The fourth-order valence-corrected chi connectivity index (χ4v) is 2.30. The molecule has 0 aliphatic heterocycles. The van der Waals surface area contributed by atoms with Crippen molar-refractivity contribution in [1.29, 1.82) is 0 Å². The molecule has 0 saturated heterocycles. The van der Waals surface area contributed by atoms with E-state index in [4.69, 9.17) is 0 Å². The van der Waals surface area contributed by atoms with Gasteiger partial charge in [-0.15, -0.1) is 0 Å². The summed E-state index contributed by atoms with van der Waals surface area (Å²) < 4.78 is 0. The van der Waals surface area contributed by atoms with Crippen LogP contribution in [0.1, 0.15) is 25.8 Å². The molecule has 0 bridgehead atoms. The summed E-state index contributed by atoms with van der Waals surface area (Å²) in [5.41, 5.74) is 1.33. The van der Waals surface area contributed by atoms with Crippen LogP contribution in [0.3, 0.4) is 0 Å². The molecule has 0 N–H and O–H groups in total. The Balaban J connectivity index is 2.30. The Morgan fingerprint density at radius 3 is 2.57 bits per heavy atom. The van der Waals surface area contributed by atoms with Crippen LogP contribution in [-0.4, -0.2) is 11.0 Å². The van der Waals surface area contributed by atoms with Crippen LogP contribution in [0, 0.1) is 0 Å². The van der Waals surface area contributed by atoms with Gasteiger partial charge in [-0.05, 0) is 12.5 Å². The van der Waals surface area contributed by atoms with E-state index in [-0.39, 0.29) is 5.78 Å². The zero-order valence-electron chi connectivity index (χ0n) is 8.69. The Kier molecular flexibility index (Phi) is 4.74. The second-order valence-corrected chi connectivity index (χ2v) is 4.94. The lowest BCUT2D eigenvalue weighted by atomic mass is 10.2. The summed E-state index contributed by atoms with van der Waals surface area (Å²) in [6.45, 7) is 3.76. The van der Waals surface area contributed by atoms with Gasteiger partial charge in [0.25, 0.3) is 0 Å². The molecule has 0 amide bonds. The van der Waals surface area contributed by atoms with Crippen LogP contribution in [-0.2, 0) is 10.5 Å². The first kappa shape index (κ1) is 11.3. The summed E-state index contributed by atoms with van der Waals surface area (Å²) >= 11 is 1.84. The van der Waals surface area contributed by atoms with Crippen LogP contribution in [0.2, 0.25) is 0 Å². The molecule has 76 valence electrons. The summed E-state index contributed by atoms with van der Waals surface area (Å²) in [6, 6.07) is 10.4. The lowest BCUT2D eigenvalue weighted by molar-refractivity contribution is -0.116. The van der Waals surface area contributed by atoms with Gasteiger partial charge in [-0.2, -0.15) is 11.8 Å². The molecule has 0 spiro atoms. The van der Waals surface area contributed by atoms with E-state index >= 15 is 0 Å². The first-order valence-corrected chi connectivity index (χ1v) is 5.88. The van der Waals surface area contributed by atoms with E-state index in [0.717, 1.165) is 5.75 Å². The summed E-state index contributed by atoms with van der Waals surface area (Å²) in [6.07, 6.45) is 0.678. The van der Waals surface area contributed by atoms with Crippen molar-refractivity contribution in [2.24, 2.45) is 0 Å². The number of benzene rings is 1. The molecule has 0 saturated carbocycles.